The van der Waals surface area contributed by atoms with Crippen molar-refractivity contribution in [2.45, 2.75) is 32.6 Å². The van der Waals surface area contributed by atoms with Gasteiger partial charge in [-0.2, -0.15) is 0 Å². The molecule has 6 nitrogen and oxygen atoms in total. The van der Waals surface area contributed by atoms with Crippen LogP contribution in [0.15, 0.2) is 0 Å². The van der Waals surface area contributed by atoms with Crippen LogP contribution in [0.25, 0.3) is 0 Å². The predicted octanol–water partition coefficient (Wildman–Crippen LogP) is 0.587. The van der Waals surface area contributed by atoms with Gasteiger partial charge in [0.25, 0.3) is 0 Å². The molecule has 7 heteroatoms. The molecule has 0 saturated carbocycles. The van der Waals surface area contributed by atoms with Crippen molar-refractivity contribution < 1.29 is 23.1 Å². The van der Waals surface area contributed by atoms with Crippen LogP contribution in [0.2, 0.25) is 0 Å². The largest absolute Gasteiger partial charge is 0.481 e. The minimum absolute atomic E-state index is 0.126. The summed E-state index contributed by atoms with van der Waals surface area (Å²) < 4.78 is 30.2. The number of aliphatic carboxylic acids is 1. The SMILES string of the molecule is CCCCOCCNS(=O)(=O)CCCC(=O)O. The third-order valence-electron chi connectivity index (χ3n) is 2.01. The fraction of sp³-hybridized carbons (Fsp3) is 0.900. The lowest BCUT2D eigenvalue weighted by Crippen LogP contribution is -2.30. The molecule has 0 spiro atoms. The zero-order chi connectivity index (χ0) is 13.1. The van der Waals surface area contributed by atoms with E-state index in [1.54, 1.807) is 0 Å². The van der Waals surface area contributed by atoms with Crippen LogP contribution >= 0.6 is 0 Å². The third kappa shape index (κ3) is 11.6. The summed E-state index contributed by atoms with van der Waals surface area (Å²) in [5.74, 6) is -1.14. The number of hydrogen-bond donors (Lipinski definition) is 2. The van der Waals surface area contributed by atoms with Crippen molar-refractivity contribution in [3.8, 4) is 0 Å². The molecular weight excluding hydrogens is 246 g/mol. The molecule has 2 N–H and O–H groups in total. The van der Waals surface area contributed by atoms with Crippen LogP contribution < -0.4 is 4.72 Å². The van der Waals surface area contributed by atoms with Crippen molar-refractivity contribution in [2.24, 2.45) is 0 Å². The van der Waals surface area contributed by atoms with E-state index in [9.17, 15) is 13.2 Å². The van der Waals surface area contributed by atoms with Crippen molar-refractivity contribution in [3.63, 3.8) is 0 Å². The second-order valence-electron chi connectivity index (χ2n) is 3.68. The average Bonchev–Trinajstić information content (AvgIpc) is 2.22. The van der Waals surface area contributed by atoms with Crippen LogP contribution in [-0.4, -0.2) is 45.0 Å². The summed E-state index contributed by atoms with van der Waals surface area (Å²) in [5, 5.41) is 8.37. The van der Waals surface area contributed by atoms with Crippen molar-refractivity contribution in [1.82, 2.24) is 4.72 Å². The van der Waals surface area contributed by atoms with Crippen molar-refractivity contribution >= 4 is 16.0 Å². The molecule has 0 aromatic heterocycles. The number of rotatable bonds is 11. The van der Waals surface area contributed by atoms with Crippen molar-refractivity contribution in [3.05, 3.63) is 0 Å². The van der Waals surface area contributed by atoms with E-state index in [1.165, 1.54) is 0 Å². The lowest BCUT2D eigenvalue weighted by molar-refractivity contribution is -0.137. The molecule has 0 unspecified atom stereocenters. The Morgan fingerprint density at radius 2 is 2.00 bits per heavy atom. The lowest BCUT2D eigenvalue weighted by atomic mass is 10.3. The molecule has 0 aliphatic heterocycles. The van der Waals surface area contributed by atoms with Crippen LogP contribution in [0, 0.1) is 0 Å². The van der Waals surface area contributed by atoms with Gasteiger partial charge < -0.3 is 9.84 Å². The van der Waals surface area contributed by atoms with E-state index >= 15 is 0 Å². The Kier molecular flexibility index (Phi) is 9.01. The molecule has 0 saturated heterocycles. The number of carboxylic acids is 1. The molecule has 0 rings (SSSR count). The topological polar surface area (TPSA) is 92.7 Å². The average molecular weight is 267 g/mol. The fourth-order valence-electron chi connectivity index (χ4n) is 1.10. The summed E-state index contributed by atoms with van der Waals surface area (Å²) in [6.45, 7) is 3.27. The van der Waals surface area contributed by atoms with Crippen LogP contribution in [0.3, 0.4) is 0 Å². The number of hydrogen-bond acceptors (Lipinski definition) is 4. The quantitative estimate of drug-likeness (QED) is 0.534. The minimum atomic E-state index is -3.36. The van der Waals surface area contributed by atoms with Crippen LogP contribution in [-0.2, 0) is 19.6 Å². The van der Waals surface area contributed by atoms with Crippen LogP contribution in [0.4, 0.5) is 0 Å². The van der Waals surface area contributed by atoms with Gasteiger partial charge in [-0.15, -0.1) is 0 Å². The van der Waals surface area contributed by atoms with E-state index in [4.69, 9.17) is 9.84 Å². The van der Waals surface area contributed by atoms with E-state index in [0.29, 0.717) is 13.2 Å². The van der Waals surface area contributed by atoms with Gasteiger partial charge in [0.2, 0.25) is 10.0 Å². The molecule has 0 aromatic rings. The fourth-order valence-corrected chi connectivity index (χ4v) is 2.17. The van der Waals surface area contributed by atoms with Gasteiger partial charge >= 0.3 is 5.97 Å². The maximum Gasteiger partial charge on any atom is 0.303 e. The maximum atomic E-state index is 11.3. The molecule has 0 heterocycles. The van der Waals surface area contributed by atoms with E-state index < -0.39 is 16.0 Å². The maximum absolute atomic E-state index is 11.3. The zero-order valence-corrected chi connectivity index (χ0v) is 11.0. The monoisotopic (exact) mass is 267 g/mol. The zero-order valence-electron chi connectivity index (χ0n) is 10.1. The number of sulfonamides is 1. The first kappa shape index (κ1) is 16.3. The van der Waals surface area contributed by atoms with E-state index in [0.717, 1.165) is 12.8 Å². The van der Waals surface area contributed by atoms with Gasteiger partial charge in [-0.25, -0.2) is 13.1 Å². The van der Waals surface area contributed by atoms with E-state index in [-0.39, 0.29) is 25.1 Å². The Hall–Kier alpha value is -0.660. The molecule has 0 amide bonds. The van der Waals surface area contributed by atoms with Crippen LogP contribution in [0.5, 0.6) is 0 Å². The summed E-state index contributed by atoms with van der Waals surface area (Å²) in [5.41, 5.74) is 0. The minimum Gasteiger partial charge on any atom is -0.481 e. The first-order valence-corrected chi connectivity index (χ1v) is 7.40. The Morgan fingerprint density at radius 3 is 2.59 bits per heavy atom. The van der Waals surface area contributed by atoms with Crippen molar-refractivity contribution in [1.29, 1.82) is 0 Å². The van der Waals surface area contributed by atoms with Gasteiger partial charge in [0.1, 0.15) is 0 Å². The molecule has 0 fully saturated rings. The molecular formula is C10H21NO5S. The molecule has 0 bridgehead atoms. The number of unbranched alkanes of at least 4 members (excludes halogenated alkanes) is 1. The van der Waals surface area contributed by atoms with Gasteiger partial charge in [0.05, 0.1) is 12.4 Å². The smallest absolute Gasteiger partial charge is 0.303 e. The lowest BCUT2D eigenvalue weighted by Gasteiger charge is -2.06. The van der Waals surface area contributed by atoms with Crippen molar-refractivity contribution in [2.75, 3.05) is 25.5 Å². The van der Waals surface area contributed by atoms with Gasteiger partial charge in [-0.3, -0.25) is 4.79 Å². The Morgan fingerprint density at radius 1 is 1.29 bits per heavy atom. The van der Waals surface area contributed by atoms with Gasteiger partial charge in [-0.1, -0.05) is 13.3 Å². The molecule has 0 radical (unpaired) electrons. The second-order valence-corrected chi connectivity index (χ2v) is 5.60. The molecule has 17 heavy (non-hydrogen) atoms. The summed E-state index contributed by atoms with van der Waals surface area (Å²) in [6, 6.07) is 0. The number of carboxylic acid groups (broad SMARTS) is 1. The first-order chi connectivity index (χ1) is 7.98. The first-order valence-electron chi connectivity index (χ1n) is 5.75. The number of ether oxygens (including phenoxy) is 1. The van der Waals surface area contributed by atoms with Gasteiger partial charge in [0.15, 0.2) is 0 Å². The molecule has 0 atom stereocenters. The summed E-state index contributed by atoms with van der Waals surface area (Å²) in [6.07, 6.45) is 2.00. The summed E-state index contributed by atoms with van der Waals surface area (Å²) in [7, 11) is -3.36. The van der Waals surface area contributed by atoms with Crippen LogP contribution in [0.1, 0.15) is 32.6 Å². The van der Waals surface area contributed by atoms with E-state index in [1.807, 2.05) is 0 Å². The summed E-state index contributed by atoms with van der Waals surface area (Å²) in [4.78, 5) is 10.2. The summed E-state index contributed by atoms with van der Waals surface area (Å²) >= 11 is 0. The Labute approximate surface area is 102 Å². The number of nitrogens with one attached hydrogen (secondary N) is 1. The predicted molar refractivity (Wildman–Crippen MR) is 64.4 cm³/mol. The van der Waals surface area contributed by atoms with Gasteiger partial charge in [-0.05, 0) is 12.8 Å². The molecule has 0 aromatic carbocycles. The second kappa shape index (κ2) is 9.38. The highest BCUT2D eigenvalue weighted by molar-refractivity contribution is 7.89. The standard InChI is InChI=1S/C10H21NO5S/c1-2-3-7-16-8-6-11-17(14,15)9-4-5-10(12)13/h11H,2-9H2,1H3,(H,12,13). The molecule has 0 aliphatic rings. The van der Waals surface area contributed by atoms with Gasteiger partial charge in [0, 0.05) is 19.6 Å². The third-order valence-corrected chi connectivity index (χ3v) is 3.48. The molecule has 0 aliphatic carbocycles. The van der Waals surface area contributed by atoms with E-state index in [2.05, 4.69) is 11.6 Å². The Bertz CT molecular complexity index is 302. The normalized spacial score (nSPS) is 11.6. The number of carbonyl (C=O) groups is 1. The highest BCUT2D eigenvalue weighted by Crippen LogP contribution is 1.94. The Balaban J connectivity index is 3.54. The highest BCUT2D eigenvalue weighted by atomic mass is 32.2. The molecule has 102 valence electrons. The highest BCUT2D eigenvalue weighted by Gasteiger charge is 2.10.